The number of amides is 1. The van der Waals surface area contributed by atoms with Gasteiger partial charge < -0.3 is 9.64 Å². The van der Waals surface area contributed by atoms with E-state index in [2.05, 4.69) is 0 Å². The molecule has 1 aromatic carbocycles. The molecule has 0 radical (unpaired) electrons. The topological polar surface area (TPSA) is 66.9 Å². The molecular formula is C19H28N2O4S. The minimum Gasteiger partial charge on any atom is -0.369 e. The summed E-state index contributed by atoms with van der Waals surface area (Å²) in [6.45, 7) is 8.09. The van der Waals surface area contributed by atoms with E-state index >= 15 is 0 Å². The lowest BCUT2D eigenvalue weighted by Crippen LogP contribution is -2.53. The highest BCUT2D eigenvalue weighted by Gasteiger charge is 2.34. The summed E-state index contributed by atoms with van der Waals surface area (Å²) < 4.78 is 32.8. The Morgan fingerprint density at radius 2 is 1.73 bits per heavy atom. The van der Waals surface area contributed by atoms with Crippen molar-refractivity contribution in [3.05, 3.63) is 29.8 Å². The first-order chi connectivity index (χ1) is 12.2. The van der Waals surface area contributed by atoms with E-state index in [0.29, 0.717) is 31.7 Å². The van der Waals surface area contributed by atoms with Crippen LogP contribution >= 0.6 is 0 Å². The number of carbonyl (C=O) groups excluding carboxylic acids is 1. The van der Waals surface area contributed by atoms with Gasteiger partial charge in [-0.3, -0.25) is 4.79 Å². The highest BCUT2D eigenvalue weighted by molar-refractivity contribution is 7.89. The van der Waals surface area contributed by atoms with Crippen LogP contribution in [0.15, 0.2) is 29.2 Å². The van der Waals surface area contributed by atoms with Gasteiger partial charge >= 0.3 is 0 Å². The molecule has 7 heteroatoms. The van der Waals surface area contributed by atoms with Gasteiger partial charge in [0.15, 0.2) is 0 Å². The largest absolute Gasteiger partial charge is 0.369 e. The van der Waals surface area contributed by atoms with Crippen LogP contribution < -0.4 is 0 Å². The van der Waals surface area contributed by atoms with E-state index in [1.54, 1.807) is 33.5 Å². The first-order valence-electron chi connectivity index (χ1n) is 9.26. The zero-order chi connectivity index (χ0) is 18.9. The molecule has 0 N–H and O–H groups in total. The lowest BCUT2D eigenvalue weighted by atomic mass is 10.0. The monoisotopic (exact) mass is 380 g/mol. The van der Waals surface area contributed by atoms with Crippen molar-refractivity contribution in [2.24, 2.45) is 0 Å². The number of benzene rings is 1. The van der Waals surface area contributed by atoms with E-state index in [1.165, 1.54) is 0 Å². The van der Waals surface area contributed by atoms with Gasteiger partial charge in [-0.1, -0.05) is 6.42 Å². The fourth-order valence-electron chi connectivity index (χ4n) is 3.81. The van der Waals surface area contributed by atoms with E-state index in [4.69, 9.17) is 4.74 Å². The zero-order valence-corrected chi connectivity index (χ0v) is 16.6. The first-order valence-corrected chi connectivity index (χ1v) is 10.7. The minimum atomic E-state index is -3.47. The molecule has 0 aliphatic carbocycles. The van der Waals surface area contributed by atoms with E-state index < -0.39 is 10.0 Å². The number of rotatable bonds is 3. The number of ether oxygens (including phenoxy) is 1. The van der Waals surface area contributed by atoms with Crippen molar-refractivity contribution in [2.75, 3.05) is 26.2 Å². The maximum atomic E-state index is 12.8. The molecule has 3 rings (SSSR count). The van der Waals surface area contributed by atoms with Gasteiger partial charge in [0, 0.05) is 31.7 Å². The van der Waals surface area contributed by atoms with Gasteiger partial charge in [0.05, 0.1) is 16.6 Å². The number of piperidine rings is 1. The minimum absolute atomic E-state index is 0.0264. The molecule has 2 saturated heterocycles. The second-order valence-electron chi connectivity index (χ2n) is 7.86. The molecule has 6 nitrogen and oxygen atoms in total. The second-order valence-corrected chi connectivity index (χ2v) is 9.80. The molecule has 2 heterocycles. The smallest absolute Gasteiger partial charge is 0.254 e. The summed E-state index contributed by atoms with van der Waals surface area (Å²) in [5.74, 6) is -0.0878. The van der Waals surface area contributed by atoms with Gasteiger partial charge in [-0.05, 0) is 57.9 Å². The molecule has 1 unspecified atom stereocenters. The average molecular weight is 381 g/mol. The van der Waals surface area contributed by atoms with Crippen molar-refractivity contribution in [3.8, 4) is 0 Å². The molecule has 144 valence electrons. The standard InChI is InChI=1S/C19H28N2O4S/c1-15-13-20(14-19(2,3)25-15)18(22)16-7-9-17(10-8-16)26(23,24)21-11-5-4-6-12-21/h7-10,15H,4-6,11-14H2,1-3H3. The Bertz CT molecular complexity index is 752. The normalized spacial score (nSPS) is 24.4. The van der Waals surface area contributed by atoms with Crippen molar-refractivity contribution in [2.45, 2.75) is 56.6 Å². The van der Waals surface area contributed by atoms with Crippen LogP contribution in [0.4, 0.5) is 0 Å². The quantitative estimate of drug-likeness (QED) is 0.808. The lowest BCUT2D eigenvalue weighted by Gasteiger charge is -2.41. The highest BCUT2D eigenvalue weighted by atomic mass is 32.2. The van der Waals surface area contributed by atoms with Gasteiger partial charge in [0.2, 0.25) is 10.0 Å². The molecule has 0 saturated carbocycles. The van der Waals surface area contributed by atoms with E-state index in [-0.39, 0.29) is 22.5 Å². The summed E-state index contributed by atoms with van der Waals surface area (Å²) in [7, 11) is -3.47. The van der Waals surface area contributed by atoms with Gasteiger partial charge in [-0.25, -0.2) is 8.42 Å². The van der Waals surface area contributed by atoms with Crippen LogP contribution in [0.1, 0.15) is 50.4 Å². The van der Waals surface area contributed by atoms with E-state index in [1.807, 2.05) is 20.8 Å². The molecule has 0 spiro atoms. The molecule has 0 aromatic heterocycles. The van der Waals surface area contributed by atoms with Crippen LogP contribution in [-0.2, 0) is 14.8 Å². The van der Waals surface area contributed by atoms with Gasteiger partial charge in [-0.2, -0.15) is 4.31 Å². The molecule has 1 atom stereocenters. The summed E-state index contributed by atoms with van der Waals surface area (Å²) in [5.41, 5.74) is 0.123. The summed E-state index contributed by atoms with van der Waals surface area (Å²) >= 11 is 0. The SMILES string of the molecule is CC1CN(C(=O)c2ccc(S(=O)(=O)N3CCCCC3)cc2)CC(C)(C)O1. The molecule has 2 aliphatic rings. The van der Waals surface area contributed by atoms with Crippen LogP contribution in [0.5, 0.6) is 0 Å². The molecular weight excluding hydrogens is 352 g/mol. The summed E-state index contributed by atoms with van der Waals surface area (Å²) in [6.07, 6.45) is 2.86. The van der Waals surface area contributed by atoms with Gasteiger partial charge in [0.1, 0.15) is 0 Å². The lowest BCUT2D eigenvalue weighted by molar-refractivity contribution is -0.118. The van der Waals surface area contributed by atoms with E-state index in [0.717, 1.165) is 19.3 Å². The fraction of sp³-hybridized carbons (Fsp3) is 0.632. The van der Waals surface area contributed by atoms with Crippen LogP contribution in [-0.4, -0.2) is 61.4 Å². The fourth-order valence-corrected chi connectivity index (χ4v) is 5.33. The van der Waals surface area contributed by atoms with Crippen molar-refractivity contribution >= 4 is 15.9 Å². The highest BCUT2D eigenvalue weighted by Crippen LogP contribution is 2.24. The molecule has 2 fully saturated rings. The Hall–Kier alpha value is -1.44. The van der Waals surface area contributed by atoms with Gasteiger partial charge in [-0.15, -0.1) is 0 Å². The maximum Gasteiger partial charge on any atom is 0.254 e. The van der Waals surface area contributed by atoms with Crippen LogP contribution in [0.25, 0.3) is 0 Å². The maximum absolute atomic E-state index is 12.8. The van der Waals surface area contributed by atoms with Crippen LogP contribution in [0.3, 0.4) is 0 Å². The summed E-state index contributed by atoms with van der Waals surface area (Å²) in [4.78, 5) is 14.8. The van der Waals surface area contributed by atoms with Crippen LogP contribution in [0, 0.1) is 0 Å². The average Bonchev–Trinajstić information content (AvgIpc) is 2.60. The number of nitrogens with zero attached hydrogens (tertiary/aromatic N) is 2. The summed E-state index contributed by atoms with van der Waals surface area (Å²) in [5, 5.41) is 0. The van der Waals surface area contributed by atoms with Crippen molar-refractivity contribution in [1.82, 2.24) is 9.21 Å². The zero-order valence-electron chi connectivity index (χ0n) is 15.8. The Morgan fingerprint density at radius 3 is 2.31 bits per heavy atom. The third-order valence-corrected chi connectivity index (χ3v) is 6.82. The third kappa shape index (κ3) is 4.10. The number of carbonyl (C=O) groups is 1. The Morgan fingerprint density at radius 1 is 1.12 bits per heavy atom. The van der Waals surface area contributed by atoms with Crippen LogP contribution in [0.2, 0.25) is 0 Å². The Labute approximate surface area is 156 Å². The number of hydrogen-bond donors (Lipinski definition) is 0. The number of sulfonamides is 1. The van der Waals surface area contributed by atoms with E-state index in [9.17, 15) is 13.2 Å². The third-order valence-electron chi connectivity index (χ3n) is 4.91. The Kier molecular flexibility index (Phi) is 5.42. The van der Waals surface area contributed by atoms with Crippen molar-refractivity contribution in [3.63, 3.8) is 0 Å². The van der Waals surface area contributed by atoms with Crippen molar-refractivity contribution in [1.29, 1.82) is 0 Å². The molecule has 1 aromatic rings. The molecule has 1 amide bonds. The molecule has 2 aliphatic heterocycles. The number of morpholine rings is 1. The predicted molar refractivity (Wildman–Crippen MR) is 99.6 cm³/mol. The van der Waals surface area contributed by atoms with Gasteiger partial charge in [0.25, 0.3) is 5.91 Å². The van der Waals surface area contributed by atoms with Crippen molar-refractivity contribution < 1.29 is 17.9 Å². The second kappa shape index (κ2) is 7.29. The first kappa shape index (κ1) is 19.3. The molecule has 26 heavy (non-hydrogen) atoms. The number of hydrogen-bond acceptors (Lipinski definition) is 4. The summed E-state index contributed by atoms with van der Waals surface area (Å²) in [6, 6.07) is 6.33. The molecule has 0 bridgehead atoms. The Balaban J connectivity index is 1.76. The predicted octanol–water partition coefficient (Wildman–Crippen LogP) is 2.50.